The van der Waals surface area contributed by atoms with Gasteiger partial charge >= 0.3 is 5.97 Å². The number of aliphatic carboxylic acids is 1. The Morgan fingerprint density at radius 1 is 1.14 bits per heavy atom. The second kappa shape index (κ2) is 10.9. The van der Waals surface area contributed by atoms with Crippen molar-refractivity contribution in [2.24, 2.45) is 5.16 Å². The third-order valence-corrected chi connectivity index (χ3v) is 4.67. The predicted octanol–water partition coefficient (Wildman–Crippen LogP) is 4.25. The summed E-state index contributed by atoms with van der Waals surface area (Å²) in [4.78, 5) is 18.7. The highest BCUT2D eigenvalue weighted by atomic mass is 35.5. The lowest BCUT2D eigenvalue weighted by Gasteiger charge is -2.24. The molecule has 5 nitrogen and oxygen atoms in total. The van der Waals surface area contributed by atoms with Gasteiger partial charge in [-0.05, 0) is 12.5 Å². The molecule has 28 heavy (non-hydrogen) atoms. The van der Waals surface area contributed by atoms with E-state index in [1.165, 1.54) is 0 Å². The number of oxime groups is 1. The van der Waals surface area contributed by atoms with Crippen LogP contribution in [0.1, 0.15) is 17.5 Å². The molecule has 7 heteroatoms. The van der Waals surface area contributed by atoms with Crippen molar-refractivity contribution in [2.75, 3.05) is 26.2 Å². The molecule has 1 N–H and O–H groups in total. The molecule has 0 saturated heterocycles. The number of rotatable bonds is 7. The summed E-state index contributed by atoms with van der Waals surface area (Å²) in [7, 11) is 0. The molecule has 148 valence electrons. The van der Waals surface area contributed by atoms with Gasteiger partial charge in [0, 0.05) is 36.3 Å². The second-order valence-corrected chi connectivity index (χ2v) is 6.63. The van der Waals surface area contributed by atoms with E-state index >= 15 is 0 Å². The number of carboxylic acids is 1. The van der Waals surface area contributed by atoms with Crippen LogP contribution in [0.2, 0.25) is 5.02 Å². The lowest BCUT2D eigenvalue weighted by molar-refractivity contribution is -0.133. The van der Waals surface area contributed by atoms with E-state index in [4.69, 9.17) is 21.5 Å². The van der Waals surface area contributed by atoms with E-state index < -0.39 is 5.97 Å². The number of hydrogen-bond acceptors (Lipinski definition) is 4. The van der Waals surface area contributed by atoms with Gasteiger partial charge < -0.3 is 9.94 Å². The lowest BCUT2D eigenvalue weighted by atomic mass is 10.0. The van der Waals surface area contributed by atoms with Crippen LogP contribution in [0.5, 0.6) is 0 Å². The Morgan fingerprint density at radius 2 is 1.86 bits per heavy atom. The summed E-state index contributed by atoms with van der Waals surface area (Å²) in [5.74, 6) is -0.858. The van der Waals surface area contributed by atoms with Gasteiger partial charge in [-0.1, -0.05) is 71.4 Å². The van der Waals surface area contributed by atoms with Crippen molar-refractivity contribution >= 4 is 35.7 Å². The van der Waals surface area contributed by atoms with Gasteiger partial charge in [0.05, 0.1) is 5.02 Å². The molecule has 1 aliphatic rings. The highest BCUT2D eigenvalue weighted by Gasteiger charge is 2.17. The molecule has 0 unspecified atom stereocenters. The topological polar surface area (TPSA) is 62.1 Å². The number of nitrogens with zero attached hydrogens (tertiary/aromatic N) is 2. The fraction of sp³-hybridized carbons (Fsp3) is 0.238. The van der Waals surface area contributed by atoms with Gasteiger partial charge in [-0.25, -0.2) is 4.79 Å². The first-order valence-corrected chi connectivity index (χ1v) is 9.18. The van der Waals surface area contributed by atoms with Crippen LogP contribution in [0.3, 0.4) is 0 Å². The van der Waals surface area contributed by atoms with Crippen LogP contribution in [-0.4, -0.2) is 47.9 Å². The molecule has 3 rings (SSSR count). The Morgan fingerprint density at radius 3 is 2.57 bits per heavy atom. The van der Waals surface area contributed by atoms with Crippen LogP contribution in [0.4, 0.5) is 0 Å². The van der Waals surface area contributed by atoms with Gasteiger partial charge in [-0.2, -0.15) is 0 Å². The van der Waals surface area contributed by atoms with E-state index in [1.54, 1.807) is 6.08 Å². The maximum absolute atomic E-state index is 11.1. The average molecular weight is 421 g/mol. The summed E-state index contributed by atoms with van der Waals surface area (Å²) in [6, 6.07) is 17.3. The van der Waals surface area contributed by atoms with Crippen molar-refractivity contribution in [3.63, 3.8) is 0 Å². The standard InChI is InChI=1S/C21H21ClN2O3.ClH/c22-19-11-5-4-10-18(19)20(16-7-2-1-3-8-16)23-27-14-13-24-12-6-9-17(15-24)21(25)26;/h1-5,7-11H,6,12-15H2,(H,25,26);1H. The zero-order chi connectivity index (χ0) is 19.1. The van der Waals surface area contributed by atoms with E-state index in [2.05, 4.69) is 10.1 Å². The highest BCUT2D eigenvalue weighted by Crippen LogP contribution is 2.20. The van der Waals surface area contributed by atoms with Gasteiger partial charge in [-0.3, -0.25) is 4.90 Å². The third-order valence-electron chi connectivity index (χ3n) is 4.34. The molecular formula is C21H22Cl2N2O3. The SMILES string of the molecule is Cl.O=C(O)C1=CCCN(CCON=C(c2ccccc2)c2ccccc2Cl)C1. The summed E-state index contributed by atoms with van der Waals surface area (Å²) < 4.78 is 0. The van der Waals surface area contributed by atoms with E-state index in [0.29, 0.717) is 36.0 Å². The molecule has 0 aromatic heterocycles. The fourth-order valence-corrected chi connectivity index (χ4v) is 3.16. The lowest BCUT2D eigenvalue weighted by Crippen LogP contribution is -2.34. The smallest absolute Gasteiger partial charge is 0.332 e. The summed E-state index contributed by atoms with van der Waals surface area (Å²) >= 11 is 6.34. The molecule has 0 bridgehead atoms. The first-order valence-electron chi connectivity index (χ1n) is 8.80. The first kappa shape index (κ1) is 22.0. The van der Waals surface area contributed by atoms with E-state index in [9.17, 15) is 4.79 Å². The normalized spacial score (nSPS) is 14.8. The Kier molecular flexibility index (Phi) is 8.51. The molecule has 2 aromatic carbocycles. The molecule has 0 saturated carbocycles. The van der Waals surface area contributed by atoms with Crippen LogP contribution in [0, 0.1) is 0 Å². The van der Waals surface area contributed by atoms with Crippen molar-refractivity contribution in [3.05, 3.63) is 82.4 Å². The molecule has 0 atom stereocenters. The Hall–Kier alpha value is -2.34. The van der Waals surface area contributed by atoms with Gasteiger partial charge in [0.25, 0.3) is 0 Å². The number of hydrogen-bond donors (Lipinski definition) is 1. The summed E-state index contributed by atoms with van der Waals surface area (Å²) in [6.07, 6.45) is 2.52. The van der Waals surface area contributed by atoms with Crippen molar-refractivity contribution in [1.29, 1.82) is 0 Å². The van der Waals surface area contributed by atoms with Crippen LogP contribution in [0.15, 0.2) is 71.4 Å². The molecule has 0 spiro atoms. The third kappa shape index (κ3) is 5.83. The van der Waals surface area contributed by atoms with Crippen LogP contribution in [-0.2, 0) is 9.63 Å². The molecular weight excluding hydrogens is 399 g/mol. The number of benzene rings is 2. The maximum Gasteiger partial charge on any atom is 0.332 e. The Labute approximate surface area is 175 Å². The zero-order valence-electron chi connectivity index (χ0n) is 15.3. The van der Waals surface area contributed by atoms with E-state index in [-0.39, 0.29) is 12.4 Å². The molecule has 1 aliphatic heterocycles. The molecule has 0 fully saturated rings. The molecule has 0 aliphatic carbocycles. The van der Waals surface area contributed by atoms with Crippen molar-refractivity contribution < 1.29 is 14.7 Å². The number of carbonyl (C=O) groups is 1. The summed E-state index contributed by atoms with van der Waals surface area (Å²) in [5, 5.41) is 14.1. The molecule has 1 heterocycles. The maximum atomic E-state index is 11.1. The van der Waals surface area contributed by atoms with Crippen LogP contribution in [0.25, 0.3) is 0 Å². The minimum atomic E-state index is -0.858. The monoisotopic (exact) mass is 420 g/mol. The zero-order valence-corrected chi connectivity index (χ0v) is 16.8. The fourth-order valence-electron chi connectivity index (χ4n) is 2.94. The first-order chi connectivity index (χ1) is 13.1. The average Bonchev–Trinajstić information content (AvgIpc) is 2.70. The van der Waals surface area contributed by atoms with Crippen molar-refractivity contribution in [1.82, 2.24) is 4.90 Å². The predicted molar refractivity (Wildman–Crippen MR) is 114 cm³/mol. The van der Waals surface area contributed by atoms with Gasteiger partial charge in [0.1, 0.15) is 12.3 Å². The largest absolute Gasteiger partial charge is 0.478 e. The molecule has 0 amide bonds. The Bertz CT molecular complexity index is 854. The summed E-state index contributed by atoms with van der Waals surface area (Å²) in [6.45, 7) is 2.23. The van der Waals surface area contributed by atoms with Gasteiger partial charge in [-0.15, -0.1) is 12.4 Å². The quantitative estimate of drug-likeness (QED) is 0.413. The van der Waals surface area contributed by atoms with Crippen molar-refractivity contribution in [3.8, 4) is 0 Å². The number of halogens is 2. The Balaban J connectivity index is 0.00000280. The summed E-state index contributed by atoms with van der Waals surface area (Å²) in [5.41, 5.74) is 2.83. The molecule has 2 aromatic rings. The van der Waals surface area contributed by atoms with Crippen LogP contribution < -0.4 is 0 Å². The van der Waals surface area contributed by atoms with Crippen molar-refractivity contribution in [2.45, 2.75) is 6.42 Å². The minimum Gasteiger partial charge on any atom is -0.478 e. The van der Waals surface area contributed by atoms with E-state index in [1.807, 2.05) is 54.6 Å². The second-order valence-electron chi connectivity index (χ2n) is 6.22. The highest BCUT2D eigenvalue weighted by molar-refractivity contribution is 6.35. The van der Waals surface area contributed by atoms with Gasteiger partial charge in [0.15, 0.2) is 0 Å². The van der Waals surface area contributed by atoms with Gasteiger partial charge in [0.2, 0.25) is 0 Å². The van der Waals surface area contributed by atoms with E-state index in [0.717, 1.165) is 24.1 Å². The number of carboxylic acid groups (broad SMARTS) is 1. The molecule has 0 radical (unpaired) electrons. The minimum absolute atomic E-state index is 0. The van der Waals surface area contributed by atoms with Crippen LogP contribution >= 0.6 is 24.0 Å².